The maximum atomic E-state index is 11.0. The Bertz CT molecular complexity index is 537. The van der Waals surface area contributed by atoms with Crippen molar-refractivity contribution in [2.24, 2.45) is 0 Å². The molecular weight excluding hydrogens is 238 g/mol. The van der Waals surface area contributed by atoms with Crippen LogP contribution in [0.5, 0.6) is 5.06 Å². The Hall–Kier alpha value is -1.33. The molecule has 2 aromatic heterocycles. The molecule has 0 saturated heterocycles. The fourth-order valence-electron chi connectivity index (χ4n) is 1.27. The number of nitrogens with zero attached hydrogens (tertiary/aromatic N) is 1. The molecule has 0 saturated carbocycles. The van der Waals surface area contributed by atoms with Crippen LogP contribution in [0.4, 0.5) is 0 Å². The zero-order chi connectivity index (χ0) is 11.0. The Morgan fingerprint density at radius 3 is 3.00 bits per heavy atom. The number of rotatable bonds is 2. The zero-order valence-corrected chi connectivity index (χ0v) is 9.22. The van der Waals surface area contributed by atoms with Gasteiger partial charge in [0, 0.05) is 6.20 Å². The smallest absolute Gasteiger partial charge is 0.342 e. The van der Waals surface area contributed by atoms with Crippen molar-refractivity contribution < 1.29 is 14.6 Å². The molecule has 0 atom stereocenters. The summed E-state index contributed by atoms with van der Waals surface area (Å²) in [5, 5.41) is 9.82. The van der Waals surface area contributed by atoms with E-state index in [1.165, 1.54) is 24.6 Å². The third-order valence-electron chi connectivity index (χ3n) is 1.89. The van der Waals surface area contributed by atoms with Crippen LogP contribution in [0.3, 0.4) is 0 Å². The molecule has 0 aliphatic heterocycles. The molecule has 0 unspecified atom stereocenters. The second-order valence-corrected chi connectivity index (χ2v) is 4.13. The minimum absolute atomic E-state index is 0.0694. The number of carboxylic acid groups (broad SMARTS) is 1. The average Bonchev–Trinajstić information content (AvgIpc) is 2.57. The fraction of sp³-hybridized carbons (Fsp3) is 0.111. The number of pyridine rings is 1. The van der Waals surface area contributed by atoms with Gasteiger partial charge in [0.05, 0.1) is 16.8 Å². The number of aromatic nitrogens is 1. The lowest BCUT2D eigenvalue weighted by Crippen LogP contribution is -1.98. The van der Waals surface area contributed by atoms with Crippen LogP contribution in [0.2, 0.25) is 5.02 Å². The van der Waals surface area contributed by atoms with Gasteiger partial charge in [0.25, 0.3) is 0 Å². The molecule has 0 amide bonds. The van der Waals surface area contributed by atoms with E-state index in [1.807, 2.05) is 0 Å². The van der Waals surface area contributed by atoms with E-state index in [9.17, 15) is 4.79 Å². The first-order valence-electron chi connectivity index (χ1n) is 3.99. The van der Waals surface area contributed by atoms with E-state index in [0.717, 1.165) is 0 Å². The molecule has 0 aliphatic rings. The second-order valence-electron chi connectivity index (χ2n) is 2.74. The summed E-state index contributed by atoms with van der Waals surface area (Å²) in [6.07, 6.45) is 1.48. The molecule has 1 N–H and O–H groups in total. The SMILES string of the molecule is COc1sc2c(Cl)ccnc2c1C(=O)O. The number of hydrogen-bond acceptors (Lipinski definition) is 4. The summed E-state index contributed by atoms with van der Waals surface area (Å²) in [6.45, 7) is 0. The summed E-state index contributed by atoms with van der Waals surface area (Å²) >= 11 is 7.11. The van der Waals surface area contributed by atoms with E-state index in [1.54, 1.807) is 6.07 Å². The zero-order valence-electron chi connectivity index (χ0n) is 7.65. The van der Waals surface area contributed by atoms with E-state index in [2.05, 4.69) is 4.98 Å². The highest BCUT2D eigenvalue weighted by molar-refractivity contribution is 7.21. The van der Waals surface area contributed by atoms with E-state index in [0.29, 0.717) is 20.3 Å². The minimum atomic E-state index is -1.06. The van der Waals surface area contributed by atoms with E-state index >= 15 is 0 Å². The Morgan fingerprint density at radius 1 is 1.67 bits per heavy atom. The molecule has 0 aromatic carbocycles. The quantitative estimate of drug-likeness (QED) is 0.881. The monoisotopic (exact) mass is 243 g/mol. The molecule has 78 valence electrons. The largest absolute Gasteiger partial charge is 0.486 e. The normalized spacial score (nSPS) is 10.5. The Labute approximate surface area is 94.1 Å². The van der Waals surface area contributed by atoms with Crippen molar-refractivity contribution in [3.63, 3.8) is 0 Å². The topological polar surface area (TPSA) is 59.4 Å². The van der Waals surface area contributed by atoms with Crippen molar-refractivity contribution in [3.05, 3.63) is 22.8 Å². The first-order valence-corrected chi connectivity index (χ1v) is 5.19. The fourth-order valence-corrected chi connectivity index (χ4v) is 2.51. The predicted molar refractivity (Wildman–Crippen MR) is 58.1 cm³/mol. The number of aromatic carboxylic acids is 1. The van der Waals surface area contributed by atoms with Gasteiger partial charge < -0.3 is 9.84 Å². The predicted octanol–water partition coefficient (Wildman–Crippen LogP) is 2.66. The van der Waals surface area contributed by atoms with Gasteiger partial charge in [0.1, 0.15) is 11.1 Å². The van der Waals surface area contributed by atoms with Gasteiger partial charge in [-0.2, -0.15) is 0 Å². The molecule has 2 aromatic rings. The number of hydrogen-bond donors (Lipinski definition) is 1. The lowest BCUT2D eigenvalue weighted by Gasteiger charge is -1.95. The summed E-state index contributed by atoms with van der Waals surface area (Å²) in [5.41, 5.74) is 0.442. The van der Waals surface area contributed by atoms with Gasteiger partial charge in [-0.05, 0) is 6.07 Å². The van der Waals surface area contributed by atoms with E-state index in [4.69, 9.17) is 21.4 Å². The molecule has 0 bridgehead atoms. The molecule has 2 heterocycles. The van der Waals surface area contributed by atoms with Gasteiger partial charge in [-0.1, -0.05) is 22.9 Å². The van der Waals surface area contributed by atoms with Crippen LogP contribution in [-0.4, -0.2) is 23.2 Å². The number of ether oxygens (including phenoxy) is 1. The lowest BCUT2D eigenvalue weighted by atomic mass is 10.2. The van der Waals surface area contributed by atoms with Crippen LogP contribution in [-0.2, 0) is 0 Å². The summed E-state index contributed by atoms with van der Waals surface area (Å²) in [5.74, 6) is -1.06. The Morgan fingerprint density at radius 2 is 2.40 bits per heavy atom. The van der Waals surface area contributed by atoms with Crippen molar-refractivity contribution in [2.45, 2.75) is 0 Å². The lowest BCUT2D eigenvalue weighted by molar-refractivity contribution is 0.0696. The number of carboxylic acids is 1. The number of carbonyl (C=O) groups is 1. The van der Waals surface area contributed by atoms with Gasteiger partial charge in [-0.3, -0.25) is 4.98 Å². The van der Waals surface area contributed by atoms with Crippen molar-refractivity contribution in [1.29, 1.82) is 0 Å². The molecule has 0 fully saturated rings. The minimum Gasteiger partial charge on any atom is -0.486 e. The number of methoxy groups -OCH3 is 1. The molecule has 2 rings (SSSR count). The van der Waals surface area contributed by atoms with Crippen LogP contribution in [0.1, 0.15) is 10.4 Å². The Kier molecular flexibility index (Phi) is 2.50. The summed E-state index contributed by atoms with van der Waals surface area (Å²) < 4.78 is 5.62. The van der Waals surface area contributed by atoms with Gasteiger partial charge in [-0.25, -0.2) is 4.79 Å². The molecule has 6 heteroatoms. The van der Waals surface area contributed by atoms with Crippen LogP contribution in [0.25, 0.3) is 10.2 Å². The third-order valence-corrected chi connectivity index (χ3v) is 3.49. The van der Waals surface area contributed by atoms with Crippen LogP contribution in [0.15, 0.2) is 12.3 Å². The maximum absolute atomic E-state index is 11.0. The maximum Gasteiger partial charge on any atom is 0.342 e. The highest BCUT2D eigenvalue weighted by atomic mass is 35.5. The van der Waals surface area contributed by atoms with Crippen molar-refractivity contribution in [3.8, 4) is 5.06 Å². The number of halogens is 1. The molecule has 4 nitrogen and oxygen atoms in total. The van der Waals surface area contributed by atoms with Crippen molar-refractivity contribution in [2.75, 3.05) is 7.11 Å². The van der Waals surface area contributed by atoms with Gasteiger partial charge in [0.2, 0.25) is 0 Å². The van der Waals surface area contributed by atoms with Gasteiger partial charge >= 0.3 is 5.97 Å². The second kappa shape index (κ2) is 3.67. The van der Waals surface area contributed by atoms with Gasteiger partial charge in [0.15, 0.2) is 5.06 Å². The molecule has 0 aliphatic carbocycles. The van der Waals surface area contributed by atoms with Crippen molar-refractivity contribution >= 4 is 39.1 Å². The molecule has 0 spiro atoms. The molecule has 0 radical (unpaired) electrons. The highest BCUT2D eigenvalue weighted by Gasteiger charge is 2.21. The number of fused-ring (bicyclic) bond motifs is 1. The van der Waals surface area contributed by atoms with Crippen LogP contribution >= 0.6 is 22.9 Å². The van der Waals surface area contributed by atoms with Crippen molar-refractivity contribution in [1.82, 2.24) is 4.98 Å². The summed E-state index contributed by atoms with van der Waals surface area (Å²) in [7, 11) is 1.42. The standard InChI is InChI=1S/C9H6ClNO3S/c1-14-9-5(8(12)13)6-7(15-9)4(10)2-3-11-6/h2-3H,1H3,(H,12,13). The molecular formula is C9H6ClNO3S. The molecule has 15 heavy (non-hydrogen) atoms. The summed E-state index contributed by atoms with van der Waals surface area (Å²) in [4.78, 5) is 15.0. The highest BCUT2D eigenvalue weighted by Crippen LogP contribution is 2.39. The first-order chi connectivity index (χ1) is 7.15. The van der Waals surface area contributed by atoms with E-state index < -0.39 is 5.97 Å². The van der Waals surface area contributed by atoms with E-state index in [-0.39, 0.29) is 5.56 Å². The average molecular weight is 244 g/mol. The first kappa shape index (κ1) is 10.2. The summed E-state index contributed by atoms with van der Waals surface area (Å²) in [6, 6.07) is 1.62. The van der Waals surface area contributed by atoms with Crippen LogP contribution in [0, 0.1) is 0 Å². The number of thiophene rings is 1. The van der Waals surface area contributed by atoms with Gasteiger partial charge in [-0.15, -0.1) is 0 Å². The van der Waals surface area contributed by atoms with Crippen LogP contribution < -0.4 is 4.74 Å². The third kappa shape index (κ3) is 1.53. The Balaban J connectivity index is 2.86.